The Kier molecular flexibility index (Phi) is 6.76. The van der Waals surface area contributed by atoms with E-state index in [1.54, 1.807) is 14.2 Å². The van der Waals surface area contributed by atoms with Gasteiger partial charge in [0.25, 0.3) is 0 Å². The number of rotatable bonds is 7. The zero-order valence-corrected chi connectivity index (χ0v) is 20.6. The zero-order chi connectivity index (χ0) is 25.4. The van der Waals surface area contributed by atoms with Crippen molar-refractivity contribution >= 4 is 11.7 Å². The monoisotopic (exact) mass is 503 g/mol. The van der Waals surface area contributed by atoms with Gasteiger partial charge < -0.3 is 20.1 Å². The largest absolute Gasteiger partial charge is 0.493 e. The predicted molar refractivity (Wildman–Crippen MR) is 130 cm³/mol. The molecule has 3 aliphatic rings. The first-order valence-electron chi connectivity index (χ1n) is 12.5. The molecule has 6 nitrogen and oxygen atoms in total. The van der Waals surface area contributed by atoms with Crippen molar-refractivity contribution < 1.29 is 27.4 Å². The number of amides is 2. The molecule has 2 aromatic rings. The molecule has 2 amide bonds. The highest BCUT2D eigenvalue weighted by Gasteiger charge is 2.52. The standard InChI is InChI=1S/C27H32F3N3O3/c1-35-21-8-5-17(13-22(21)36-2)27-10-9-18(14-23(27)33(12-11-27)15-16-3-4-16)31-26(34)32-20-7-6-19(28)24(29)25(20)30/h5-8,13,16,18,23H,3-4,9-12,14-15H2,1-2H3,(H2,31,32,34)/t18-,23+,27+/m1/s1. The van der Waals surface area contributed by atoms with Crippen molar-refractivity contribution in [1.29, 1.82) is 0 Å². The molecular weight excluding hydrogens is 471 g/mol. The van der Waals surface area contributed by atoms with Crippen LogP contribution in [0.25, 0.3) is 0 Å². The molecule has 2 saturated carbocycles. The molecule has 0 aromatic heterocycles. The summed E-state index contributed by atoms with van der Waals surface area (Å²) in [7, 11) is 3.26. The molecule has 0 bridgehead atoms. The Morgan fingerprint density at radius 1 is 1.03 bits per heavy atom. The first-order valence-corrected chi connectivity index (χ1v) is 12.5. The minimum absolute atomic E-state index is 0.0602. The molecule has 3 atom stereocenters. The van der Waals surface area contributed by atoms with Crippen LogP contribution >= 0.6 is 0 Å². The van der Waals surface area contributed by atoms with Gasteiger partial charge in [-0.1, -0.05) is 6.07 Å². The highest BCUT2D eigenvalue weighted by Crippen LogP contribution is 2.51. The van der Waals surface area contributed by atoms with E-state index < -0.39 is 29.2 Å². The summed E-state index contributed by atoms with van der Waals surface area (Å²) in [6.07, 6.45) is 5.91. The average molecular weight is 504 g/mol. The van der Waals surface area contributed by atoms with Crippen LogP contribution in [-0.4, -0.2) is 50.3 Å². The van der Waals surface area contributed by atoms with Gasteiger partial charge in [-0.25, -0.2) is 18.0 Å². The van der Waals surface area contributed by atoms with Gasteiger partial charge in [-0.3, -0.25) is 4.90 Å². The van der Waals surface area contributed by atoms with Gasteiger partial charge >= 0.3 is 6.03 Å². The Hall–Kier alpha value is -2.94. The molecule has 194 valence electrons. The van der Waals surface area contributed by atoms with Crippen LogP contribution in [-0.2, 0) is 5.41 Å². The van der Waals surface area contributed by atoms with Crippen molar-refractivity contribution in [2.75, 3.05) is 32.6 Å². The Bertz CT molecular complexity index is 1140. The summed E-state index contributed by atoms with van der Waals surface area (Å²) < 4.78 is 51.8. The van der Waals surface area contributed by atoms with Crippen LogP contribution in [0.2, 0.25) is 0 Å². The smallest absolute Gasteiger partial charge is 0.319 e. The quantitative estimate of drug-likeness (QED) is 0.509. The van der Waals surface area contributed by atoms with Crippen molar-refractivity contribution in [3.05, 3.63) is 53.3 Å². The molecule has 0 spiro atoms. The molecule has 5 rings (SSSR count). The zero-order valence-electron chi connectivity index (χ0n) is 20.6. The van der Waals surface area contributed by atoms with Gasteiger partial charge in [-0.15, -0.1) is 0 Å². The second kappa shape index (κ2) is 9.84. The lowest BCUT2D eigenvalue weighted by molar-refractivity contribution is 0.132. The minimum atomic E-state index is -1.60. The number of methoxy groups -OCH3 is 2. The topological polar surface area (TPSA) is 62.8 Å². The van der Waals surface area contributed by atoms with E-state index in [0.29, 0.717) is 11.5 Å². The van der Waals surface area contributed by atoms with Gasteiger partial charge in [0, 0.05) is 24.0 Å². The summed E-state index contributed by atoms with van der Waals surface area (Å²) in [5.41, 5.74) is 0.767. The van der Waals surface area contributed by atoms with E-state index in [2.05, 4.69) is 27.7 Å². The van der Waals surface area contributed by atoms with E-state index in [-0.39, 0.29) is 17.5 Å². The number of anilines is 1. The molecule has 0 radical (unpaired) electrons. The van der Waals surface area contributed by atoms with Crippen LogP contribution in [0, 0.1) is 23.4 Å². The van der Waals surface area contributed by atoms with Gasteiger partial charge in [0.05, 0.1) is 19.9 Å². The number of urea groups is 1. The first kappa shape index (κ1) is 24.7. The summed E-state index contributed by atoms with van der Waals surface area (Å²) in [5.74, 6) is -2.18. The van der Waals surface area contributed by atoms with Crippen molar-refractivity contribution in [1.82, 2.24) is 10.2 Å². The van der Waals surface area contributed by atoms with Crippen molar-refractivity contribution in [2.45, 2.75) is 56.0 Å². The van der Waals surface area contributed by atoms with E-state index in [0.717, 1.165) is 56.8 Å². The fourth-order valence-corrected chi connectivity index (χ4v) is 6.08. The second-order valence-corrected chi connectivity index (χ2v) is 10.2. The van der Waals surface area contributed by atoms with E-state index in [4.69, 9.17) is 9.47 Å². The Balaban J connectivity index is 1.34. The number of fused-ring (bicyclic) bond motifs is 1. The Morgan fingerprint density at radius 2 is 1.81 bits per heavy atom. The van der Waals surface area contributed by atoms with Crippen molar-refractivity contribution in [3.63, 3.8) is 0 Å². The lowest BCUT2D eigenvalue weighted by Gasteiger charge is -2.45. The number of nitrogens with one attached hydrogen (secondary N) is 2. The Labute approximate surface area is 209 Å². The third kappa shape index (κ3) is 4.61. The molecule has 2 aliphatic carbocycles. The van der Waals surface area contributed by atoms with E-state index in [9.17, 15) is 18.0 Å². The van der Waals surface area contributed by atoms with Crippen LogP contribution < -0.4 is 20.1 Å². The minimum Gasteiger partial charge on any atom is -0.493 e. The highest BCUT2D eigenvalue weighted by atomic mass is 19.2. The maximum atomic E-state index is 14.0. The summed E-state index contributed by atoms with van der Waals surface area (Å²) in [6, 6.07) is 7.45. The molecular formula is C27H32F3N3O3. The lowest BCUT2D eigenvalue weighted by Crippen LogP contribution is -2.53. The molecule has 1 saturated heterocycles. The first-order chi connectivity index (χ1) is 17.3. The third-order valence-electron chi connectivity index (χ3n) is 8.14. The van der Waals surface area contributed by atoms with Crippen molar-refractivity contribution in [3.8, 4) is 11.5 Å². The number of benzene rings is 2. The summed E-state index contributed by atoms with van der Waals surface area (Å²) >= 11 is 0. The van der Waals surface area contributed by atoms with E-state index in [1.807, 2.05) is 6.07 Å². The van der Waals surface area contributed by atoms with Crippen LogP contribution in [0.1, 0.15) is 44.1 Å². The Morgan fingerprint density at radius 3 is 2.53 bits per heavy atom. The van der Waals surface area contributed by atoms with Crippen LogP contribution in [0.15, 0.2) is 30.3 Å². The highest BCUT2D eigenvalue weighted by molar-refractivity contribution is 5.89. The van der Waals surface area contributed by atoms with Gasteiger partial charge in [-0.05, 0) is 80.8 Å². The average Bonchev–Trinajstić information content (AvgIpc) is 3.64. The SMILES string of the molecule is COc1ccc([C@@]23CC[C@@H](NC(=O)Nc4ccc(F)c(F)c4F)C[C@@H]2N(CC2CC2)CC3)cc1OC. The fraction of sp³-hybridized carbons (Fsp3) is 0.519. The molecule has 3 fully saturated rings. The number of halogens is 3. The summed E-state index contributed by atoms with van der Waals surface area (Å²) in [5, 5.41) is 5.27. The number of carbonyl (C=O) groups excluding carboxylic acids is 1. The number of hydrogen-bond donors (Lipinski definition) is 2. The molecule has 9 heteroatoms. The van der Waals surface area contributed by atoms with Gasteiger partial charge in [0.15, 0.2) is 29.0 Å². The van der Waals surface area contributed by atoms with Crippen LogP contribution in [0.3, 0.4) is 0 Å². The maximum Gasteiger partial charge on any atom is 0.319 e. The molecule has 1 heterocycles. The number of likely N-dealkylation sites (tertiary alicyclic amines) is 1. The van der Waals surface area contributed by atoms with Crippen molar-refractivity contribution in [2.24, 2.45) is 5.92 Å². The molecule has 1 aliphatic heterocycles. The molecule has 0 unspecified atom stereocenters. The predicted octanol–water partition coefficient (Wildman–Crippen LogP) is 5.22. The number of nitrogens with zero attached hydrogens (tertiary/aromatic N) is 1. The molecule has 2 N–H and O–H groups in total. The van der Waals surface area contributed by atoms with Crippen LogP contribution in [0.5, 0.6) is 11.5 Å². The van der Waals surface area contributed by atoms with Crippen LogP contribution in [0.4, 0.5) is 23.7 Å². The maximum absolute atomic E-state index is 14.0. The van der Waals surface area contributed by atoms with Gasteiger partial charge in [0.2, 0.25) is 0 Å². The second-order valence-electron chi connectivity index (χ2n) is 10.2. The van der Waals surface area contributed by atoms with E-state index >= 15 is 0 Å². The molecule has 2 aromatic carbocycles. The number of hydrogen-bond acceptors (Lipinski definition) is 4. The van der Waals surface area contributed by atoms with Gasteiger partial charge in [0.1, 0.15) is 0 Å². The summed E-state index contributed by atoms with van der Waals surface area (Å²) in [4.78, 5) is 15.2. The number of carbonyl (C=O) groups is 1. The normalized spacial score (nSPS) is 25.8. The fourth-order valence-electron chi connectivity index (χ4n) is 6.08. The van der Waals surface area contributed by atoms with Gasteiger partial charge in [-0.2, -0.15) is 0 Å². The lowest BCUT2D eigenvalue weighted by atomic mass is 9.65. The third-order valence-corrected chi connectivity index (χ3v) is 8.14. The summed E-state index contributed by atoms with van der Waals surface area (Å²) in [6.45, 7) is 2.05. The molecule has 36 heavy (non-hydrogen) atoms. The number of ether oxygens (including phenoxy) is 2. The van der Waals surface area contributed by atoms with E-state index in [1.165, 1.54) is 18.4 Å².